The van der Waals surface area contributed by atoms with E-state index in [1.165, 1.54) is 16.8 Å². The highest BCUT2D eigenvalue weighted by atomic mass is 14.9. The van der Waals surface area contributed by atoms with Crippen LogP contribution in [0.2, 0.25) is 0 Å². The van der Waals surface area contributed by atoms with Crippen molar-refractivity contribution in [3.63, 3.8) is 0 Å². The average molecular weight is 191 g/mol. The molecule has 0 aliphatic heterocycles. The van der Waals surface area contributed by atoms with Gasteiger partial charge < -0.3 is 5.32 Å². The van der Waals surface area contributed by atoms with Crippen LogP contribution in [0.3, 0.4) is 0 Å². The monoisotopic (exact) mass is 191 g/mol. The molecule has 0 heterocycles. The van der Waals surface area contributed by atoms with Crippen LogP contribution in [0, 0.1) is 19.8 Å². The SMILES string of the molecule is Cc1cccc(C)c1NC(C)C(C)C. The lowest BCUT2D eigenvalue weighted by Gasteiger charge is -2.21. The Morgan fingerprint density at radius 1 is 1.00 bits per heavy atom. The first kappa shape index (κ1) is 11.1. The van der Waals surface area contributed by atoms with Gasteiger partial charge in [0, 0.05) is 11.7 Å². The molecule has 0 spiro atoms. The van der Waals surface area contributed by atoms with Crippen LogP contribution in [-0.4, -0.2) is 6.04 Å². The average Bonchev–Trinajstić information content (AvgIpc) is 2.11. The third kappa shape index (κ3) is 2.50. The molecule has 0 saturated carbocycles. The van der Waals surface area contributed by atoms with Gasteiger partial charge in [-0.2, -0.15) is 0 Å². The number of benzene rings is 1. The minimum Gasteiger partial charge on any atom is -0.382 e. The van der Waals surface area contributed by atoms with E-state index in [2.05, 4.69) is 58.1 Å². The number of rotatable bonds is 3. The quantitative estimate of drug-likeness (QED) is 0.767. The summed E-state index contributed by atoms with van der Waals surface area (Å²) in [5, 5.41) is 3.58. The fourth-order valence-corrected chi connectivity index (χ4v) is 1.44. The number of hydrogen-bond donors (Lipinski definition) is 1. The van der Waals surface area contributed by atoms with Crippen molar-refractivity contribution in [2.24, 2.45) is 5.92 Å². The van der Waals surface area contributed by atoms with Crippen molar-refractivity contribution in [2.75, 3.05) is 5.32 Å². The van der Waals surface area contributed by atoms with E-state index in [1.54, 1.807) is 0 Å². The van der Waals surface area contributed by atoms with Gasteiger partial charge in [-0.25, -0.2) is 0 Å². The zero-order valence-electron chi connectivity index (χ0n) is 9.89. The van der Waals surface area contributed by atoms with E-state index in [0.29, 0.717) is 12.0 Å². The van der Waals surface area contributed by atoms with E-state index in [-0.39, 0.29) is 0 Å². The van der Waals surface area contributed by atoms with Crippen molar-refractivity contribution in [1.29, 1.82) is 0 Å². The number of nitrogens with one attached hydrogen (secondary N) is 1. The van der Waals surface area contributed by atoms with E-state index < -0.39 is 0 Å². The maximum Gasteiger partial charge on any atom is 0.0401 e. The second-order valence-electron chi connectivity index (χ2n) is 4.44. The molecule has 1 aromatic carbocycles. The Hall–Kier alpha value is -0.980. The van der Waals surface area contributed by atoms with E-state index in [9.17, 15) is 0 Å². The Bertz CT molecular complexity index is 282. The lowest BCUT2D eigenvalue weighted by Crippen LogP contribution is -2.22. The summed E-state index contributed by atoms with van der Waals surface area (Å²) in [6.45, 7) is 11.0. The smallest absolute Gasteiger partial charge is 0.0401 e. The molecule has 1 nitrogen and oxygen atoms in total. The van der Waals surface area contributed by atoms with Crippen LogP contribution >= 0.6 is 0 Å². The molecule has 1 atom stereocenters. The minimum absolute atomic E-state index is 0.523. The Morgan fingerprint density at radius 2 is 1.50 bits per heavy atom. The van der Waals surface area contributed by atoms with Crippen LogP contribution in [0.5, 0.6) is 0 Å². The van der Waals surface area contributed by atoms with E-state index in [4.69, 9.17) is 0 Å². The summed E-state index contributed by atoms with van der Waals surface area (Å²) in [6, 6.07) is 6.94. The summed E-state index contributed by atoms with van der Waals surface area (Å²) in [7, 11) is 0. The molecule has 0 radical (unpaired) electrons. The molecule has 1 aromatic rings. The molecule has 0 aliphatic rings. The summed E-state index contributed by atoms with van der Waals surface area (Å²) in [4.78, 5) is 0. The van der Waals surface area contributed by atoms with Crippen LogP contribution in [-0.2, 0) is 0 Å². The fraction of sp³-hybridized carbons (Fsp3) is 0.538. The highest BCUT2D eigenvalue weighted by Gasteiger charge is 2.09. The van der Waals surface area contributed by atoms with Crippen molar-refractivity contribution in [3.8, 4) is 0 Å². The van der Waals surface area contributed by atoms with Crippen LogP contribution < -0.4 is 5.32 Å². The molecular weight excluding hydrogens is 170 g/mol. The third-order valence-corrected chi connectivity index (χ3v) is 2.85. The predicted molar refractivity (Wildman–Crippen MR) is 63.8 cm³/mol. The van der Waals surface area contributed by atoms with Gasteiger partial charge in [-0.1, -0.05) is 32.0 Å². The molecule has 1 heteroatoms. The summed E-state index contributed by atoms with van der Waals surface area (Å²) in [5.74, 6) is 0.661. The number of hydrogen-bond acceptors (Lipinski definition) is 1. The third-order valence-electron chi connectivity index (χ3n) is 2.85. The fourth-order valence-electron chi connectivity index (χ4n) is 1.44. The van der Waals surface area contributed by atoms with Gasteiger partial charge in [0.15, 0.2) is 0 Å². The summed E-state index contributed by atoms with van der Waals surface area (Å²) in [5.41, 5.74) is 3.96. The molecule has 14 heavy (non-hydrogen) atoms. The Balaban J connectivity index is 2.85. The van der Waals surface area contributed by atoms with E-state index >= 15 is 0 Å². The second kappa shape index (κ2) is 4.50. The zero-order valence-corrected chi connectivity index (χ0v) is 9.89. The number of anilines is 1. The van der Waals surface area contributed by atoms with E-state index in [1.807, 2.05) is 0 Å². The van der Waals surface area contributed by atoms with Crippen LogP contribution in [0.25, 0.3) is 0 Å². The van der Waals surface area contributed by atoms with Crippen molar-refractivity contribution in [1.82, 2.24) is 0 Å². The van der Waals surface area contributed by atoms with Crippen LogP contribution in [0.4, 0.5) is 5.69 Å². The highest BCUT2D eigenvalue weighted by Crippen LogP contribution is 2.21. The molecule has 78 valence electrons. The Kier molecular flexibility index (Phi) is 3.56. The topological polar surface area (TPSA) is 12.0 Å². The zero-order chi connectivity index (χ0) is 10.7. The lowest BCUT2D eigenvalue weighted by molar-refractivity contribution is 0.559. The van der Waals surface area contributed by atoms with Crippen LogP contribution in [0.15, 0.2) is 18.2 Å². The van der Waals surface area contributed by atoms with Crippen molar-refractivity contribution in [2.45, 2.75) is 40.7 Å². The molecule has 1 N–H and O–H groups in total. The number of aryl methyl sites for hydroxylation is 2. The molecule has 0 bridgehead atoms. The normalized spacial score (nSPS) is 13.0. The molecular formula is C13H21N. The van der Waals surface area contributed by atoms with Gasteiger partial charge in [-0.3, -0.25) is 0 Å². The molecule has 0 fully saturated rings. The van der Waals surface area contributed by atoms with Gasteiger partial charge in [0.05, 0.1) is 0 Å². The van der Waals surface area contributed by atoms with E-state index in [0.717, 1.165) is 0 Å². The largest absolute Gasteiger partial charge is 0.382 e. The molecule has 0 amide bonds. The lowest BCUT2D eigenvalue weighted by atomic mass is 10.0. The highest BCUT2D eigenvalue weighted by molar-refractivity contribution is 5.57. The van der Waals surface area contributed by atoms with Gasteiger partial charge in [0.1, 0.15) is 0 Å². The number of para-hydroxylation sites is 1. The molecule has 0 aromatic heterocycles. The Labute approximate surface area is 87.5 Å². The first-order valence-electron chi connectivity index (χ1n) is 5.35. The van der Waals surface area contributed by atoms with Gasteiger partial charge in [-0.15, -0.1) is 0 Å². The van der Waals surface area contributed by atoms with Crippen molar-refractivity contribution >= 4 is 5.69 Å². The van der Waals surface area contributed by atoms with Crippen molar-refractivity contribution in [3.05, 3.63) is 29.3 Å². The first-order chi connectivity index (χ1) is 6.52. The van der Waals surface area contributed by atoms with Gasteiger partial charge in [-0.05, 0) is 37.8 Å². The van der Waals surface area contributed by atoms with Gasteiger partial charge >= 0.3 is 0 Å². The summed E-state index contributed by atoms with van der Waals surface area (Å²) >= 11 is 0. The molecule has 1 rings (SSSR count). The predicted octanol–water partition coefficient (Wildman–Crippen LogP) is 3.76. The summed E-state index contributed by atoms with van der Waals surface area (Å²) < 4.78 is 0. The second-order valence-corrected chi connectivity index (χ2v) is 4.44. The Morgan fingerprint density at radius 3 is 1.93 bits per heavy atom. The maximum atomic E-state index is 3.58. The molecule has 0 aliphatic carbocycles. The molecule has 1 unspecified atom stereocenters. The van der Waals surface area contributed by atoms with Gasteiger partial charge in [0.2, 0.25) is 0 Å². The maximum absolute atomic E-state index is 3.58. The van der Waals surface area contributed by atoms with Gasteiger partial charge in [0.25, 0.3) is 0 Å². The van der Waals surface area contributed by atoms with Crippen LogP contribution in [0.1, 0.15) is 31.9 Å². The summed E-state index contributed by atoms with van der Waals surface area (Å²) in [6.07, 6.45) is 0. The molecule has 0 saturated heterocycles. The van der Waals surface area contributed by atoms with Crippen molar-refractivity contribution < 1.29 is 0 Å². The standard InChI is InChI=1S/C13H21N/c1-9(2)12(5)14-13-10(3)7-6-8-11(13)4/h6-9,12,14H,1-5H3. The minimum atomic E-state index is 0.523. The first-order valence-corrected chi connectivity index (χ1v) is 5.35.